The molecular formula is C14H28N2O. The second kappa shape index (κ2) is 4.87. The van der Waals surface area contributed by atoms with Crippen molar-refractivity contribution in [3.05, 3.63) is 0 Å². The summed E-state index contributed by atoms with van der Waals surface area (Å²) in [6, 6.07) is 0.996. The smallest absolute Gasteiger partial charge is 0.0695 e. The number of aliphatic hydroxyl groups is 1. The lowest BCUT2D eigenvalue weighted by atomic mass is 9.73. The van der Waals surface area contributed by atoms with Gasteiger partial charge in [0, 0.05) is 31.7 Å². The molecule has 3 unspecified atom stereocenters. The van der Waals surface area contributed by atoms with Crippen molar-refractivity contribution in [2.75, 3.05) is 26.7 Å². The van der Waals surface area contributed by atoms with Crippen LogP contribution < -0.4 is 0 Å². The monoisotopic (exact) mass is 240 g/mol. The van der Waals surface area contributed by atoms with Crippen LogP contribution in [0.25, 0.3) is 0 Å². The molecule has 2 rings (SSSR count). The molecule has 100 valence electrons. The summed E-state index contributed by atoms with van der Waals surface area (Å²) in [5.74, 6) is 0. The highest BCUT2D eigenvalue weighted by Gasteiger charge is 2.38. The Morgan fingerprint density at radius 1 is 1.24 bits per heavy atom. The number of hydrogen-bond acceptors (Lipinski definition) is 3. The van der Waals surface area contributed by atoms with Gasteiger partial charge in [0.2, 0.25) is 0 Å². The van der Waals surface area contributed by atoms with Crippen molar-refractivity contribution in [2.24, 2.45) is 5.41 Å². The zero-order chi connectivity index (χ0) is 12.6. The molecule has 0 bridgehead atoms. The molecule has 2 fully saturated rings. The largest absolute Gasteiger partial charge is 0.391 e. The summed E-state index contributed by atoms with van der Waals surface area (Å²) in [7, 11) is 2.20. The van der Waals surface area contributed by atoms with Gasteiger partial charge in [0.25, 0.3) is 0 Å². The van der Waals surface area contributed by atoms with E-state index >= 15 is 0 Å². The van der Waals surface area contributed by atoms with Gasteiger partial charge in [-0.15, -0.1) is 0 Å². The van der Waals surface area contributed by atoms with Gasteiger partial charge in [-0.2, -0.15) is 0 Å². The minimum Gasteiger partial charge on any atom is -0.391 e. The molecular weight excluding hydrogens is 212 g/mol. The average molecular weight is 240 g/mol. The maximum absolute atomic E-state index is 10.3. The standard InChI is InChI=1S/C14H28N2O/c1-11-10-16(8-7-15(11)4)12-9-14(2,3)6-5-13(12)17/h11-13,17H,5-10H2,1-4H3. The molecule has 3 nitrogen and oxygen atoms in total. The Labute approximate surface area is 106 Å². The van der Waals surface area contributed by atoms with Gasteiger partial charge in [-0.1, -0.05) is 13.8 Å². The minimum absolute atomic E-state index is 0.112. The topological polar surface area (TPSA) is 26.7 Å². The lowest BCUT2D eigenvalue weighted by molar-refractivity contribution is -0.0410. The van der Waals surface area contributed by atoms with E-state index in [1.807, 2.05) is 0 Å². The van der Waals surface area contributed by atoms with Crippen LogP contribution in [0.15, 0.2) is 0 Å². The van der Waals surface area contributed by atoms with Crippen molar-refractivity contribution >= 4 is 0 Å². The molecule has 0 aromatic rings. The molecule has 1 heterocycles. The molecule has 2 aliphatic rings. The van der Waals surface area contributed by atoms with Crippen LogP contribution in [0.3, 0.4) is 0 Å². The van der Waals surface area contributed by atoms with Crippen molar-refractivity contribution in [1.82, 2.24) is 9.80 Å². The Bertz CT molecular complexity index is 267. The van der Waals surface area contributed by atoms with Crippen molar-refractivity contribution in [3.63, 3.8) is 0 Å². The number of likely N-dealkylation sites (N-methyl/N-ethyl adjacent to an activating group) is 1. The molecule has 0 aromatic carbocycles. The predicted octanol–water partition coefficient (Wildman–Crippen LogP) is 1.56. The lowest BCUT2D eigenvalue weighted by Gasteiger charge is -2.48. The first-order valence-electron chi connectivity index (χ1n) is 7.01. The van der Waals surface area contributed by atoms with Crippen molar-refractivity contribution in [2.45, 2.75) is 58.2 Å². The number of nitrogens with zero attached hydrogens (tertiary/aromatic N) is 2. The molecule has 17 heavy (non-hydrogen) atoms. The van der Waals surface area contributed by atoms with E-state index in [0.717, 1.165) is 38.9 Å². The number of hydrogen-bond donors (Lipinski definition) is 1. The van der Waals surface area contributed by atoms with Crippen LogP contribution in [0.1, 0.15) is 40.0 Å². The van der Waals surface area contributed by atoms with Crippen LogP contribution in [0.2, 0.25) is 0 Å². The molecule has 3 atom stereocenters. The molecule has 0 spiro atoms. The summed E-state index contributed by atoms with van der Waals surface area (Å²) in [5.41, 5.74) is 0.399. The maximum Gasteiger partial charge on any atom is 0.0695 e. The van der Waals surface area contributed by atoms with Crippen LogP contribution in [0, 0.1) is 5.41 Å². The number of aliphatic hydroxyl groups excluding tert-OH is 1. The van der Waals surface area contributed by atoms with Gasteiger partial charge in [0.05, 0.1) is 6.10 Å². The molecule has 1 saturated carbocycles. The Hall–Kier alpha value is -0.120. The summed E-state index contributed by atoms with van der Waals surface area (Å²) in [5, 5.41) is 10.3. The first kappa shape index (κ1) is 13.3. The summed E-state index contributed by atoms with van der Waals surface area (Å²) in [6.07, 6.45) is 3.16. The molecule has 1 saturated heterocycles. The molecule has 1 aliphatic heterocycles. The minimum atomic E-state index is -0.112. The molecule has 1 aliphatic carbocycles. The van der Waals surface area contributed by atoms with E-state index < -0.39 is 0 Å². The Morgan fingerprint density at radius 2 is 1.94 bits per heavy atom. The van der Waals surface area contributed by atoms with E-state index in [0.29, 0.717) is 17.5 Å². The van der Waals surface area contributed by atoms with Crippen LogP contribution in [-0.4, -0.2) is 59.8 Å². The summed E-state index contributed by atoms with van der Waals surface area (Å²) >= 11 is 0. The molecule has 1 N–H and O–H groups in total. The zero-order valence-corrected chi connectivity index (χ0v) is 11.8. The van der Waals surface area contributed by atoms with Gasteiger partial charge >= 0.3 is 0 Å². The van der Waals surface area contributed by atoms with E-state index in [9.17, 15) is 5.11 Å². The highest BCUT2D eigenvalue weighted by atomic mass is 16.3. The SMILES string of the molecule is CC1CN(C2CC(C)(C)CCC2O)CCN1C. The third-order valence-corrected chi connectivity index (χ3v) is 4.78. The van der Waals surface area contributed by atoms with E-state index in [2.05, 4.69) is 37.6 Å². The fourth-order valence-corrected chi connectivity index (χ4v) is 3.29. The fraction of sp³-hybridized carbons (Fsp3) is 1.00. The molecule has 3 heteroatoms. The Balaban J connectivity index is 2.00. The quantitative estimate of drug-likeness (QED) is 0.753. The van der Waals surface area contributed by atoms with Crippen LogP contribution >= 0.6 is 0 Å². The fourth-order valence-electron chi connectivity index (χ4n) is 3.29. The highest BCUT2D eigenvalue weighted by Crippen LogP contribution is 2.37. The third kappa shape index (κ3) is 3.01. The second-order valence-corrected chi connectivity index (χ2v) is 6.87. The zero-order valence-electron chi connectivity index (χ0n) is 11.8. The first-order chi connectivity index (χ1) is 7.89. The van der Waals surface area contributed by atoms with Crippen molar-refractivity contribution in [3.8, 4) is 0 Å². The summed E-state index contributed by atoms with van der Waals surface area (Å²) in [4.78, 5) is 4.94. The van der Waals surface area contributed by atoms with Gasteiger partial charge in [-0.05, 0) is 38.6 Å². The van der Waals surface area contributed by atoms with Crippen LogP contribution in [-0.2, 0) is 0 Å². The lowest BCUT2D eigenvalue weighted by Crippen LogP contribution is -2.58. The second-order valence-electron chi connectivity index (χ2n) is 6.87. The first-order valence-corrected chi connectivity index (χ1v) is 7.01. The summed E-state index contributed by atoms with van der Waals surface area (Å²) in [6.45, 7) is 10.3. The average Bonchev–Trinajstić information content (AvgIpc) is 2.26. The third-order valence-electron chi connectivity index (χ3n) is 4.78. The Morgan fingerprint density at radius 3 is 2.59 bits per heavy atom. The van der Waals surface area contributed by atoms with Gasteiger partial charge < -0.3 is 10.0 Å². The van der Waals surface area contributed by atoms with Gasteiger partial charge in [0.15, 0.2) is 0 Å². The van der Waals surface area contributed by atoms with Crippen LogP contribution in [0.5, 0.6) is 0 Å². The predicted molar refractivity (Wildman–Crippen MR) is 71.1 cm³/mol. The van der Waals surface area contributed by atoms with Gasteiger partial charge in [-0.25, -0.2) is 0 Å². The highest BCUT2D eigenvalue weighted by molar-refractivity contribution is 4.93. The summed E-state index contributed by atoms with van der Waals surface area (Å²) < 4.78 is 0. The number of piperazine rings is 1. The van der Waals surface area contributed by atoms with Crippen LogP contribution in [0.4, 0.5) is 0 Å². The molecule has 0 aromatic heterocycles. The van der Waals surface area contributed by atoms with Crippen molar-refractivity contribution in [1.29, 1.82) is 0 Å². The van der Waals surface area contributed by atoms with E-state index in [1.54, 1.807) is 0 Å². The molecule has 0 amide bonds. The van der Waals surface area contributed by atoms with E-state index in [4.69, 9.17) is 0 Å². The Kier molecular flexibility index (Phi) is 3.81. The van der Waals surface area contributed by atoms with Crippen molar-refractivity contribution < 1.29 is 5.11 Å². The molecule has 0 radical (unpaired) electrons. The maximum atomic E-state index is 10.3. The number of rotatable bonds is 1. The van der Waals surface area contributed by atoms with E-state index in [1.165, 1.54) is 0 Å². The van der Waals surface area contributed by atoms with Gasteiger partial charge in [-0.3, -0.25) is 4.90 Å². The van der Waals surface area contributed by atoms with Gasteiger partial charge in [0.1, 0.15) is 0 Å². The normalized spacial score (nSPS) is 40.4. The van der Waals surface area contributed by atoms with E-state index in [-0.39, 0.29) is 6.10 Å².